The number of carbonyl (C=O) groups is 1. The maximum Gasteiger partial charge on any atom is 0.410 e. The molecule has 2 N–H and O–H groups in total. The Morgan fingerprint density at radius 1 is 1.30 bits per heavy atom. The van der Waals surface area contributed by atoms with Crippen LogP contribution >= 0.6 is 0 Å². The summed E-state index contributed by atoms with van der Waals surface area (Å²) in [4.78, 5) is 16.4. The molecule has 0 aromatic heterocycles. The fourth-order valence-corrected chi connectivity index (χ4v) is 2.82. The minimum absolute atomic E-state index is 0.163. The molecule has 1 heterocycles. The Kier molecular flexibility index (Phi) is 5.65. The van der Waals surface area contributed by atoms with Gasteiger partial charge in [-0.2, -0.15) is 0 Å². The number of carbonyl (C=O) groups excluding carboxylic acids is 1. The van der Waals surface area contributed by atoms with Gasteiger partial charge in [-0.3, -0.25) is 4.90 Å². The maximum absolute atomic E-state index is 12.2. The second-order valence-electron chi connectivity index (χ2n) is 7.21. The number of ether oxygens (including phenoxy) is 1. The molecule has 23 heavy (non-hydrogen) atoms. The predicted octanol–water partition coefficient (Wildman–Crippen LogP) is 2.38. The second-order valence-corrected chi connectivity index (χ2v) is 7.21. The first-order chi connectivity index (χ1) is 10.8. The summed E-state index contributed by atoms with van der Waals surface area (Å²) in [5.41, 5.74) is 8.10. The van der Waals surface area contributed by atoms with E-state index in [4.69, 9.17) is 10.5 Å². The van der Waals surface area contributed by atoms with Crippen LogP contribution in [0.2, 0.25) is 0 Å². The minimum Gasteiger partial charge on any atom is -0.444 e. The van der Waals surface area contributed by atoms with Gasteiger partial charge in [0.2, 0.25) is 0 Å². The Morgan fingerprint density at radius 2 is 2.00 bits per heavy atom. The van der Waals surface area contributed by atoms with Gasteiger partial charge in [0.25, 0.3) is 0 Å². The third-order valence-corrected chi connectivity index (χ3v) is 4.16. The quantitative estimate of drug-likeness (QED) is 0.929. The van der Waals surface area contributed by atoms with Crippen molar-refractivity contribution in [1.82, 2.24) is 9.80 Å². The lowest BCUT2D eigenvalue weighted by molar-refractivity contribution is 0.00350. The highest BCUT2D eigenvalue weighted by molar-refractivity contribution is 5.68. The molecule has 2 rings (SSSR count). The Hall–Kier alpha value is -1.59. The first-order valence-corrected chi connectivity index (χ1v) is 8.26. The van der Waals surface area contributed by atoms with Crippen molar-refractivity contribution in [1.29, 1.82) is 0 Å². The fraction of sp³-hybridized carbons (Fsp3) is 0.611. The van der Waals surface area contributed by atoms with Crippen LogP contribution in [0.25, 0.3) is 0 Å². The third-order valence-electron chi connectivity index (χ3n) is 4.16. The molecule has 1 saturated heterocycles. The highest BCUT2D eigenvalue weighted by Crippen LogP contribution is 2.18. The summed E-state index contributed by atoms with van der Waals surface area (Å²) in [7, 11) is 0. The molecule has 0 bridgehead atoms. The topological polar surface area (TPSA) is 58.8 Å². The van der Waals surface area contributed by atoms with E-state index in [1.54, 1.807) is 4.90 Å². The van der Waals surface area contributed by atoms with E-state index in [9.17, 15) is 4.79 Å². The molecule has 0 saturated carbocycles. The summed E-state index contributed by atoms with van der Waals surface area (Å²) in [6.45, 7) is 11.3. The summed E-state index contributed by atoms with van der Waals surface area (Å²) in [5.74, 6) is 0. The van der Waals surface area contributed by atoms with Gasteiger partial charge in [0.15, 0.2) is 0 Å². The average molecular weight is 319 g/mol. The van der Waals surface area contributed by atoms with Crippen LogP contribution in [0.3, 0.4) is 0 Å². The summed E-state index contributed by atoms with van der Waals surface area (Å²) in [6.07, 6.45) is -0.244. The van der Waals surface area contributed by atoms with Crippen LogP contribution in [0.5, 0.6) is 0 Å². The van der Waals surface area contributed by atoms with E-state index in [0.717, 1.165) is 13.1 Å². The van der Waals surface area contributed by atoms with Gasteiger partial charge >= 0.3 is 6.09 Å². The normalized spacial score (nSPS) is 19.7. The van der Waals surface area contributed by atoms with Gasteiger partial charge in [-0.05, 0) is 38.8 Å². The molecule has 0 aliphatic carbocycles. The summed E-state index contributed by atoms with van der Waals surface area (Å²) in [5, 5.41) is 0. The van der Waals surface area contributed by atoms with Crippen molar-refractivity contribution in [3.63, 3.8) is 0 Å². The summed E-state index contributed by atoms with van der Waals surface area (Å²) >= 11 is 0. The zero-order chi connectivity index (χ0) is 17.0. The maximum atomic E-state index is 12.2. The van der Waals surface area contributed by atoms with Crippen LogP contribution in [-0.2, 0) is 11.3 Å². The van der Waals surface area contributed by atoms with Gasteiger partial charge in [0, 0.05) is 38.8 Å². The number of benzene rings is 1. The van der Waals surface area contributed by atoms with Crippen molar-refractivity contribution in [3.8, 4) is 0 Å². The van der Waals surface area contributed by atoms with Gasteiger partial charge < -0.3 is 15.4 Å². The van der Waals surface area contributed by atoms with Gasteiger partial charge in [-0.15, -0.1) is 0 Å². The van der Waals surface area contributed by atoms with Gasteiger partial charge in [-0.1, -0.05) is 24.3 Å². The average Bonchev–Trinajstić information content (AvgIpc) is 2.48. The molecular formula is C18H29N3O2. The van der Waals surface area contributed by atoms with Gasteiger partial charge in [-0.25, -0.2) is 4.79 Å². The van der Waals surface area contributed by atoms with E-state index in [1.165, 1.54) is 11.1 Å². The van der Waals surface area contributed by atoms with E-state index in [-0.39, 0.29) is 12.1 Å². The van der Waals surface area contributed by atoms with Crippen molar-refractivity contribution < 1.29 is 9.53 Å². The zero-order valence-corrected chi connectivity index (χ0v) is 14.7. The lowest BCUT2D eigenvalue weighted by Crippen LogP contribution is -2.57. The first kappa shape index (κ1) is 17.8. The fourth-order valence-electron chi connectivity index (χ4n) is 2.82. The minimum atomic E-state index is -0.465. The molecule has 0 radical (unpaired) electrons. The van der Waals surface area contributed by atoms with Gasteiger partial charge in [0.05, 0.1) is 0 Å². The number of rotatable bonds is 3. The molecule has 0 spiro atoms. The molecule has 1 aromatic rings. The van der Waals surface area contributed by atoms with Crippen LogP contribution in [-0.4, -0.2) is 53.7 Å². The van der Waals surface area contributed by atoms with Gasteiger partial charge in [0.1, 0.15) is 5.60 Å². The van der Waals surface area contributed by atoms with E-state index in [0.29, 0.717) is 19.6 Å². The molecule has 1 aliphatic rings. The molecule has 1 unspecified atom stereocenters. The Balaban J connectivity index is 1.99. The number of hydrogen-bond donors (Lipinski definition) is 1. The third kappa shape index (κ3) is 4.94. The lowest BCUT2D eigenvalue weighted by atomic mass is 10.1. The molecular weight excluding hydrogens is 290 g/mol. The van der Waals surface area contributed by atoms with Crippen LogP contribution < -0.4 is 5.73 Å². The Labute approximate surface area is 139 Å². The number of aryl methyl sites for hydroxylation is 1. The smallest absolute Gasteiger partial charge is 0.410 e. The molecule has 128 valence electrons. The van der Waals surface area contributed by atoms with E-state index in [2.05, 4.69) is 36.1 Å². The van der Waals surface area contributed by atoms with Crippen molar-refractivity contribution in [2.45, 2.75) is 45.9 Å². The predicted molar refractivity (Wildman–Crippen MR) is 92.2 cm³/mol. The number of hydrogen-bond acceptors (Lipinski definition) is 4. The molecule has 1 fully saturated rings. The number of nitrogens with zero attached hydrogens (tertiary/aromatic N) is 2. The van der Waals surface area contributed by atoms with E-state index >= 15 is 0 Å². The Bertz CT molecular complexity index is 539. The van der Waals surface area contributed by atoms with Crippen LogP contribution in [0, 0.1) is 6.92 Å². The van der Waals surface area contributed by atoms with Crippen molar-refractivity contribution in [3.05, 3.63) is 35.4 Å². The molecule has 5 heteroatoms. The monoisotopic (exact) mass is 319 g/mol. The molecule has 1 amide bonds. The second kappa shape index (κ2) is 7.32. The first-order valence-electron chi connectivity index (χ1n) is 8.26. The summed E-state index contributed by atoms with van der Waals surface area (Å²) < 4.78 is 5.47. The number of piperazine rings is 1. The largest absolute Gasteiger partial charge is 0.444 e. The van der Waals surface area contributed by atoms with E-state index in [1.807, 2.05) is 20.8 Å². The highest BCUT2D eigenvalue weighted by atomic mass is 16.6. The number of nitrogens with two attached hydrogens (primary N) is 1. The van der Waals surface area contributed by atoms with Crippen molar-refractivity contribution >= 4 is 6.09 Å². The highest BCUT2D eigenvalue weighted by Gasteiger charge is 2.31. The van der Waals surface area contributed by atoms with E-state index < -0.39 is 5.60 Å². The van der Waals surface area contributed by atoms with Crippen molar-refractivity contribution in [2.24, 2.45) is 5.73 Å². The van der Waals surface area contributed by atoms with Crippen molar-refractivity contribution in [2.75, 3.05) is 26.2 Å². The summed E-state index contributed by atoms with van der Waals surface area (Å²) in [6, 6.07) is 8.57. The van der Waals surface area contributed by atoms with Crippen LogP contribution in [0.15, 0.2) is 24.3 Å². The molecule has 5 nitrogen and oxygen atoms in total. The molecule has 1 aliphatic heterocycles. The SMILES string of the molecule is Cc1ccccc1CN1CCN(C(=O)OC(C)(C)C)CC1CN. The number of amides is 1. The molecule has 1 atom stereocenters. The van der Waals surface area contributed by atoms with Crippen LogP contribution in [0.1, 0.15) is 31.9 Å². The van der Waals surface area contributed by atoms with Crippen LogP contribution in [0.4, 0.5) is 4.79 Å². The zero-order valence-electron chi connectivity index (χ0n) is 14.7. The molecule has 1 aromatic carbocycles. The Morgan fingerprint density at radius 3 is 2.61 bits per heavy atom. The lowest BCUT2D eigenvalue weighted by Gasteiger charge is -2.41. The standard InChI is InChI=1S/C18H29N3O2/c1-14-7-5-6-8-15(14)12-20-9-10-21(13-16(20)11-19)17(22)23-18(2,3)4/h5-8,16H,9-13,19H2,1-4H3.